The summed E-state index contributed by atoms with van der Waals surface area (Å²) in [4.78, 5) is 19.7. The van der Waals surface area contributed by atoms with Crippen LogP contribution in [-0.4, -0.2) is 42.0 Å². The standard InChI is InChI=1S/C23H27N3O2S/c27-22(24-13-8-16-26-14-6-1-7-15-26)19-10-3-2-9-18(19)17-29-23-25-20-11-4-5-12-21(20)28-23/h2-5,9-12H,1,6-8,13-17H2,(H,24,27). The summed E-state index contributed by atoms with van der Waals surface area (Å²) in [7, 11) is 0. The van der Waals surface area contributed by atoms with Gasteiger partial charge in [0.15, 0.2) is 5.58 Å². The number of thioether (sulfide) groups is 1. The first-order chi connectivity index (χ1) is 14.3. The fourth-order valence-electron chi connectivity index (χ4n) is 3.70. The lowest BCUT2D eigenvalue weighted by atomic mass is 10.1. The number of rotatable bonds is 8. The van der Waals surface area contributed by atoms with Crippen LogP contribution < -0.4 is 5.32 Å². The van der Waals surface area contributed by atoms with Crippen LogP contribution in [0.15, 0.2) is 58.2 Å². The number of carbonyl (C=O) groups excluding carboxylic acids is 1. The maximum absolute atomic E-state index is 12.7. The Balaban J connectivity index is 1.30. The molecule has 5 nitrogen and oxygen atoms in total. The molecule has 0 spiro atoms. The molecular formula is C23H27N3O2S. The molecule has 0 saturated carbocycles. The molecule has 1 aromatic heterocycles. The van der Waals surface area contributed by atoms with Crippen molar-refractivity contribution in [2.45, 2.75) is 36.7 Å². The topological polar surface area (TPSA) is 58.4 Å². The van der Waals surface area contributed by atoms with E-state index in [1.165, 1.54) is 44.1 Å². The second-order valence-corrected chi connectivity index (χ2v) is 8.33. The average molecular weight is 410 g/mol. The smallest absolute Gasteiger partial charge is 0.257 e. The van der Waals surface area contributed by atoms with Gasteiger partial charge >= 0.3 is 0 Å². The zero-order valence-electron chi connectivity index (χ0n) is 16.6. The summed E-state index contributed by atoms with van der Waals surface area (Å²) >= 11 is 1.51. The molecule has 0 aliphatic carbocycles. The quantitative estimate of drug-likeness (QED) is 0.431. The predicted molar refractivity (Wildman–Crippen MR) is 117 cm³/mol. The maximum Gasteiger partial charge on any atom is 0.257 e. The molecular weight excluding hydrogens is 382 g/mol. The number of amides is 1. The van der Waals surface area contributed by atoms with Gasteiger partial charge in [-0.1, -0.05) is 48.5 Å². The Bertz CT molecular complexity index is 917. The Kier molecular flexibility index (Phi) is 6.85. The van der Waals surface area contributed by atoms with E-state index in [0.29, 0.717) is 17.5 Å². The minimum atomic E-state index is -0.00240. The Labute approximate surface area is 175 Å². The average Bonchev–Trinajstić information content (AvgIpc) is 3.19. The van der Waals surface area contributed by atoms with E-state index in [4.69, 9.17) is 4.42 Å². The number of aromatic nitrogens is 1. The first-order valence-electron chi connectivity index (χ1n) is 10.4. The molecule has 1 fully saturated rings. The van der Waals surface area contributed by atoms with Crippen molar-refractivity contribution in [1.82, 2.24) is 15.2 Å². The van der Waals surface area contributed by atoms with Crippen LogP contribution in [0, 0.1) is 0 Å². The molecule has 0 radical (unpaired) electrons. The highest BCUT2D eigenvalue weighted by molar-refractivity contribution is 7.98. The molecule has 29 heavy (non-hydrogen) atoms. The number of likely N-dealkylation sites (tertiary alicyclic amines) is 1. The van der Waals surface area contributed by atoms with E-state index in [1.807, 2.05) is 48.5 Å². The van der Waals surface area contributed by atoms with Gasteiger partial charge in [0.1, 0.15) is 5.52 Å². The van der Waals surface area contributed by atoms with Gasteiger partial charge in [0, 0.05) is 17.9 Å². The zero-order chi connectivity index (χ0) is 19.9. The lowest BCUT2D eigenvalue weighted by molar-refractivity contribution is 0.0950. The van der Waals surface area contributed by atoms with E-state index in [1.54, 1.807) is 0 Å². The van der Waals surface area contributed by atoms with Gasteiger partial charge in [0.25, 0.3) is 11.1 Å². The number of benzene rings is 2. The third-order valence-electron chi connectivity index (χ3n) is 5.27. The van der Waals surface area contributed by atoms with E-state index in [9.17, 15) is 4.79 Å². The highest BCUT2D eigenvalue weighted by atomic mass is 32.2. The van der Waals surface area contributed by atoms with Crippen molar-refractivity contribution in [1.29, 1.82) is 0 Å². The van der Waals surface area contributed by atoms with E-state index >= 15 is 0 Å². The van der Waals surface area contributed by atoms with Crippen molar-refractivity contribution < 1.29 is 9.21 Å². The van der Waals surface area contributed by atoms with E-state index in [-0.39, 0.29) is 5.91 Å². The van der Waals surface area contributed by atoms with Gasteiger partial charge in [-0.3, -0.25) is 4.79 Å². The largest absolute Gasteiger partial charge is 0.431 e. The number of hydrogen-bond acceptors (Lipinski definition) is 5. The van der Waals surface area contributed by atoms with Crippen LogP contribution in [0.4, 0.5) is 0 Å². The molecule has 152 valence electrons. The first-order valence-corrected chi connectivity index (χ1v) is 11.3. The highest BCUT2D eigenvalue weighted by Gasteiger charge is 2.13. The summed E-state index contributed by atoms with van der Waals surface area (Å²) in [5.74, 6) is 0.641. The van der Waals surface area contributed by atoms with Crippen molar-refractivity contribution in [2.24, 2.45) is 0 Å². The summed E-state index contributed by atoms with van der Waals surface area (Å²) < 4.78 is 5.77. The van der Waals surface area contributed by atoms with Crippen molar-refractivity contribution in [3.8, 4) is 0 Å². The van der Waals surface area contributed by atoms with Gasteiger partial charge in [0.05, 0.1) is 0 Å². The molecule has 4 rings (SSSR count). The molecule has 1 saturated heterocycles. The molecule has 1 aliphatic rings. The molecule has 0 bridgehead atoms. The number of oxazole rings is 1. The number of nitrogens with one attached hydrogen (secondary N) is 1. The normalized spacial score (nSPS) is 14.9. The number of para-hydroxylation sites is 2. The SMILES string of the molecule is O=C(NCCCN1CCCCC1)c1ccccc1CSc1nc2ccccc2o1. The van der Waals surface area contributed by atoms with Crippen molar-refractivity contribution in [3.05, 3.63) is 59.7 Å². The molecule has 1 N–H and O–H groups in total. The Morgan fingerprint density at radius 2 is 1.86 bits per heavy atom. The zero-order valence-corrected chi connectivity index (χ0v) is 17.4. The lowest BCUT2D eigenvalue weighted by Crippen LogP contribution is -2.33. The molecule has 0 atom stereocenters. The Morgan fingerprint density at radius 1 is 1.07 bits per heavy atom. The van der Waals surface area contributed by atoms with Crippen molar-refractivity contribution in [3.63, 3.8) is 0 Å². The number of piperidine rings is 1. The summed E-state index contributed by atoms with van der Waals surface area (Å²) in [6.07, 6.45) is 4.95. The van der Waals surface area contributed by atoms with Crippen LogP contribution in [0.5, 0.6) is 0 Å². The molecule has 3 aromatic rings. The molecule has 1 aliphatic heterocycles. The van der Waals surface area contributed by atoms with Crippen molar-refractivity contribution >= 4 is 28.8 Å². The number of fused-ring (bicyclic) bond motifs is 1. The highest BCUT2D eigenvalue weighted by Crippen LogP contribution is 2.27. The van der Waals surface area contributed by atoms with E-state index < -0.39 is 0 Å². The van der Waals surface area contributed by atoms with Gasteiger partial charge < -0.3 is 14.6 Å². The van der Waals surface area contributed by atoms with Crippen LogP contribution in [0.25, 0.3) is 11.1 Å². The lowest BCUT2D eigenvalue weighted by Gasteiger charge is -2.26. The monoisotopic (exact) mass is 409 g/mol. The number of carbonyl (C=O) groups is 1. The first kappa shape index (κ1) is 20.0. The minimum Gasteiger partial charge on any atom is -0.431 e. The van der Waals surface area contributed by atoms with Gasteiger partial charge in [-0.25, -0.2) is 4.98 Å². The number of nitrogens with zero attached hydrogens (tertiary/aromatic N) is 2. The maximum atomic E-state index is 12.7. The van der Waals surface area contributed by atoms with Crippen LogP contribution in [0.1, 0.15) is 41.6 Å². The number of hydrogen-bond donors (Lipinski definition) is 1. The summed E-state index contributed by atoms with van der Waals surface area (Å²) in [5, 5.41) is 3.71. The summed E-state index contributed by atoms with van der Waals surface area (Å²) in [6.45, 7) is 4.17. The van der Waals surface area contributed by atoms with Crippen LogP contribution >= 0.6 is 11.8 Å². The Morgan fingerprint density at radius 3 is 2.72 bits per heavy atom. The van der Waals surface area contributed by atoms with Gasteiger partial charge in [0.2, 0.25) is 0 Å². The van der Waals surface area contributed by atoms with Gasteiger partial charge in [-0.2, -0.15) is 0 Å². The Hall–Kier alpha value is -2.31. The molecule has 0 unspecified atom stereocenters. The molecule has 2 heterocycles. The second-order valence-electron chi connectivity index (χ2n) is 7.41. The predicted octanol–water partition coefficient (Wildman–Crippen LogP) is 4.73. The van der Waals surface area contributed by atoms with E-state index in [0.717, 1.165) is 35.2 Å². The minimum absolute atomic E-state index is 0.00240. The van der Waals surface area contributed by atoms with Crippen LogP contribution in [0.3, 0.4) is 0 Å². The fraction of sp³-hybridized carbons (Fsp3) is 0.391. The second kappa shape index (κ2) is 9.94. The summed E-state index contributed by atoms with van der Waals surface area (Å²) in [5.41, 5.74) is 3.37. The van der Waals surface area contributed by atoms with Gasteiger partial charge in [-0.15, -0.1) is 0 Å². The molecule has 6 heteroatoms. The fourth-order valence-corrected chi connectivity index (χ4v) is 4.55. The molecule has 2 aromatic carbocycles. The molecule has 1 amide bonds. The van der Waals surface area contributed by atoms with E-state index in [2.05, 4.69) is 15.2 Å². The van der Waals surface area contributed by atoms with Crippen LogP contribution in [0.2, 0.25) is 0 Å². The third kappa shape index (κ3) is 5.40. The van der Waals surface area contributed by atoms with Crippen molar-refractivity contribution in [2.75, 3.05) is 26.2 Å². The van der Waals surface area contributed by atoms with Gasteiger partial charge in [-0.05, 0) is 62.7 Å². The summed E-state index contributed by atoms with van der Waals surface area (Å²) in [6, 6.07) is 15.5. The third-order valence-corrected chi connectivity index (χ3v) is 6.15. The van der Waals surface area contributed by atoms with Crippen LogP contribution in [-0.2, 0) is 5.75 Å².